The summed E-state index contributed by atoms with van der Waals surface area (Å²) in [6, 6.07) is 8.41. The van der Waals surface area contributed by atoms with Gasteiger partial charge in [-0.3, -0.25) is 9.88 Å². The molecule has 1 saturated heterocycles. The number of morpholine rings is 1. The van der Waals surface area contributed by atoms with E-state index < -0.39 is 0 Å². The Labute approximate surface area is 119 Å². The Bertz CT molecular complexity index is 561. The molecule has 3 rings (SSSR count). The van der Waals surface area contributed by atoms with Crippen molar-refractivity contribution in [2.24, 2.45) is 0 Å². The van der Waals surface area contributed by atoms with Gasteiger partial charge in [-0.25, -0.2) is 0 Å². The molecule has 1 N–H and O–H groups in total. The molecule has 1 aliphatic rings. The summed E-state index contributed by atoms with van der Waals surface area (Å²) in [6.07, 6.45) is 4.18. The zero-order valence-corrected chi connectivity index (χ0v) is 11.9. The summed E-state index contributed by atoms with van der Waals surface area (Å²) in [5, 5.41) is 5.86. The topological polar surface area (TPSA) is 37.4 Å². The van der Waals surface area contributed by atoms with Crippen molar-refractivity contribution >= 4 is 10.8 Å². The molecule has 0 spiro atoms. The molecule has 1 atom stereocenters. The van der Waals surface area contributed by atoms with E-state index in [9.17, 15) is 0 Å². The molecule has 2 aromatic rings. The third-order valence-corrected chi connectivity index (χ3v) is 3.71. The average Bonchev–Trinajstić information content (AvgIpc) is 2.48. The third kappa shape index (κ3) is 3.15. The summed E-state index contributed by atoms with van der Waals surface area (Å²) < 4.78 is 5.75. The highest BCUT2D eigenvalue weighted by Gasteiger charge is 2.16. The summed E-state index contributed by atoms with van der Waals surface area (Å²) >= 11 is 0. The molecule has 2 heterocycles. The van der Waals surface area contributed by atoms with E-state index in [1.54, 1.807) is 0 Å². The number of nitrogens with one attached hydrogen (secondary N) is 1. The predicted molar refractivity (Wildman–Crippen MR) is 80.7 cm³/mol. The van der Waals surface area contributed by atoms with Gasteiger partial charge in [-0.05, 0) is 18.0 Å². The SMILES string of the molecule is CN(Cc1cncc2ccccc12)CC1CNCCO1. The Kier molecular flexibility index (Phi) is 4.25. The largest absolute Gasteiger partial charge is 0.374 e. The van der Waals surface area contributed by atoms with Gasteiger partial charge < -0.3 is 10.1 Å². The molecule has 0 amide bonds. The van der Waals surface area contributed by atoms with Crippen molar-refractivity contribution in [1.29, 1.82) is 0 Å². The fourth-order valence-corrected chi connectivity index (χ4v) is 2.75. The summed E-state index contributed by atoms with van der Waals surface area (Å²) in [6.45, 7) is 4.56. The first kappa shape index (κ1) is 13.5. The van der Waals surface area contributed by atoms with Crippen molar-refractivity contribution in [2.75, 3.05) is 33.3 Å². The van der Waals surface area contributed by atoms with Gasteiger partial charge in [-0.15, -0.1) is 0 Å². The van der Waals surface area contributed by atoms with Gasteiger partial charge in [0.2, 0.25) is 0 Å². The van der Waals surface area contributed by atoms with Gasteiger partial charge in [-0.2, -0.15) is 0 Å². The fourth-order valence-electron chi connectivity index (χ4n) is 2.75. The molecule has 1 aromatic heterocycles. The lowest BCUT2D eigenvalue weighted by Gasteiger charge is -2.28. The molecule has 0 bridgehead atoms. The van der Waals surface area contributed by atoms with Crippen LogP contribution in [0.15, 0.2) is 36.7 Å². The van der Waals surface area contributed by atoms with Crippen LogP contribution in [0.2, 0.25) is 0 Å². The van der Waals surface area contributed by atoms with Crippen LogP contribution in [-0.4, -0.2) is 49.3 Å². The van der Waals surface area contributed by atoms with E-state index >= 15 is 0 Å². The number of hydrogen-bond donors (Lipinski definition) is 1. The minimum Gasteiger partial charge on any atom is -0.374 e. The first-order valence-corrected chi connectivity index (χ1v) is 7.15. The van der Waals surface area contributed by atoms with Crippen LogP contribution < -0.4 is 5.32 Å². The first-order valence-electron chi connectivity index (χ1n) is 7.15. The smallest absolute Gasteiger partial charge is 0.0826 e. The Morgan fingerprint density at radius 2 is 2.25 bits per heavy atom. The van der Waals surface area contributed by atoms with Crippen molar-refractivity contribution in [1.82, 2.24) is 15.2 Å². The predicted octanol–water partition coefficient (Wildman–Crippen LogP) is 1.66. The van der Waals surface area contributed by atoms with E-state index in [2.05, 4.69) is 46.5 Å². The molecule has 1 unspecified atom stereocenters. The van der Waals surface area contributed by atoms with E-state index in [1.807, 2.05) is 12.4 Å². The Balaban J connectivity index is 1.69. The van der Waals surface area contributed by atoms with Crippen LogP contribution >= 0.6 is 0 Å². The second-order valence-corrected chi connectivity index (χ2v) is 5.41. The van der Waals surface area contributed by atoms with Gasteiger partial charge in [0.15, 0.2) is 0 Å². The van der Waals surface area contributed by atoms with E-state index in [0.29, 0.717) is 0 Å². The van der Waals surface area contributed by atoms with Gasteiger partial charge in [0.1, 0.15) is 0 Å². The van der Waals surface area contributed by atoms with Crippen LogP contribution in [0.5, 0.6) is 0 Å². The number of likely N-dealkylation sites (N-methyl/N-ethyl adjacent to an activating group) is 1. The number of fused-ring (bicyclic) bond motifs is 1. The lowest BCUT2D eigenvalue weighted by molar-refractivity contribution is 0.00889. The molecular formula is C16H21N3O. The molecule has 0 radical (unpaired) electrons. The molecule has 20 heavy (non-hydrogen) atoms. The molecule has 1 aliphatic heterocycles. The van der Waals surface area contributed by atoms with Crippen LogP contribution in [0, 0.1) is 0 Å². The normalized spacial score (nSPS) is 19.6. The molecule has 0 aliphatic carbocycles. The summed E-state index contributed by atoms with van der Waals surface area (Å²) in [4.78, 5) is 6.65. The maximum Gasteiger partial charge on any atom is 0.0826 e. The molecule has 1 aromatic carbocycles. The molecule has 1 fully saturated rings. The van der Waals surface area contributed by atoms with Crippen molar-refractivity contribution in [3.8, 4) is 0 Å². The molecule has 4 nitrogen and oxygen atoms in total. The summed E-state index contributed by atoms with van der Waals surface area (Å²) in [5.41, 5.74) is 1.27. The van der Waals surface area contributed by atoms with Gasteiger partial charge in [0.05, 0.1) is 12.7 Å². The fraction of sp³-hybridized carbons (Fsp3) is 0.438. The molecule has 106 valence electrons. The number of hydrogen-bond acceptors (Lipinski definition) is 4. The Hall–Kier alpha value is -1.49. The summed E-state index contributed by atoms with van der Waals surface area (Å²) in [5.74, 6) is 0. The van der Waals surface area contributed by atoms with Gasteiger partial charge in [-0.1, -0.05) is 24.3 Å². The number of nitrogens with zero attached hydrogens (tertiary/aromatic N) is 2. The second kappa shape index (κ2) is 6.31. The Morgan fingerprint density at radius 1 is 1.35 bits per heavy atom. The van der Waals surface area contributed by atoms with E-state index in [-0.39, 0.29) is 6.10 Å². The highest BCUT2D eigenvalue weighted by Crippen LogP contribution is 2.18. The maximum atomic E-state index is 5.75. The number of benzene rings is 1. The van der Waals surface area contributed by atoms with Gasteiger partial charge in [0.25, 0.3) is 0 Å². The number of pyridine rings is 1. The second-order valence-electron chi connectivity index (χ2n) is 5.41. The minimum atomic E-state index is 0.289. The van der Waals surface area contributed by atoms with Gasteiger partial charge in [0, 0.05) is 44.0 Å². The average molecular weight is 271 g/mol. The van der Waals surface area contributed by atoms with Crippen LogP contribution in [0.4, 0.5) is 0 Å². The van der Waals surface area contributed by atoms with E-state index in [1.165, 1.54) is 16.3 Å². The molecule has 0 saturated carbocycles. The van der Waals surface area contributed by atoms with E-state index in [4.69, 9.17) is 4.74 Å². The monoisotopic (exact) mass is 271 g/mol. The van der Waals surface area contributed by atoms with Crippen molar-refractivity contribution in [3.05, 3.63) is 42.2 Å². The van der Waals surface area contributed by atoms with Gasteiger partial charge >= 0.3 is 0 Å². The lowest BCUT2D eigenvalue weighted by atomic mass is 10.1. The maximum absolute atomic E-state index is 5.75. The highest BCUT2D eigenvalue weighted by atomic mass is 16.5. The highest BCUT2D eigenvalue weighted by molar-refractivity contribution is 5.84. The first-order chi connectivity index (χ1) is 9.83. The van der Waals surface area contributed by atoms with Crippen LogP contribution in [0.25, 0.3) is 10.8 Å². The molecular weight excluding hydrogens is 250 g/mol. The zero-order chi connectivity index (χ0) is 13.8. The van der Waals surface area contributed by atoms with Crippen molar-refractivity contribution in [3.63, 3.8) is 0 Å². The molecule has 4 heteroatoms. The van der Waals surface area contributed by atoms with Crippen LogP contribution in [-0.2, 0) is 11.3 Å². The third-order valence-electron chi connectivity index (χ3n) is 3.71. The van der Waals surface area contributed by atoms with Crippen LogP contribution in [0.1, 0.15) is 5.56 Å². The number of rotatable bonds is 4. The van der Waals surface area contributed by atoms with Crippen LogP contribution in [0.3, 0.4) is 0 Å². The quantitative estimate of drug-likeness (QED) is 0.917. The standard InChI is InChI=1S/C16H21N3O/c1-19(12-15-10-17-6-7-20-15)11-14-9-18-8-13-4-2-3-5-16(13)14/h2-5,8-9,15,17H,6-7,10-12H2,1H3. The minimum absolute atomic E-state index is 0.289. The summed E-state index contributed by atoms with van der Waals surface area (Å²) in [7, 11) is 2.14. The Morgan fingerprint density at radius 3 is 3.10 bits per heavy atom. The lowest BCUT2D eigenvalue weighted by Crippen LogP contribution is -2.44. The van der Waals surface area contributed by atoms with Crippen molar-refractivity contribution < 1.29 is 4.74 Å². The number of aromatic nitrogens is 1. The number of ether oxygens (including phenoxy) is 1. The van der Waals surface area contributed by atoms with E-state index in [0.717, 1.165) is 32.8 Å². The zero-order valence-electron chi connectivity index (χ0n) is 11.9. The van der Waals surface area contributed by atoms with Crippen molar-refractivity contribution in [2.45, 2.75) is 12.6 Å².